The first kappa shape index (κ1) is 20.9. The van der Waals surface area contributed by atoms with Crippen LogP contribution in [0.15, 0.2) is 54.6 Å². The van der Waals surface area contributed by atoms with Gasteiger partial charge in [0.2, 0.25) is 0 Å². The predicted molar refractivity (Wildman–Crippen MR) is 104 cm³/mol. The van der Waals surface area contributed by atoms with E-state index in [2.05, 4.69) is 5.32 Å². The standard InChI is InChI=1S/C21H28N2O4/c1-3-27-21(25)19(23-14-16-9-11-17(26-2)12-10-16)20(24)18(22)13-15-7-5-4-6-8-15/h4-12,18-20,23-24H,3,13-14,22H2,1-2H3/t18-,19+,20-/m0/s1. The molecular weight excluding hydrogens is 344 g/mol. The Bertz CT molecular complexity index is 691. The van der Waals surface area contributed by atoms with Gasteiger partial charge in [-0.15, -0.1) is 0 Å². The van der Waals surface area contributed by atoms with Crippen molar-refractivity contribution in [1.82, 2.24) is 5.32 Å². The lowest BCUT2D eigenvalue weighted by Gasteiger charge is -2.27. The van der Waals surface area contributed by atoms with Crippen LogP contribution in [-0.2, 0) is 22.5 Å². The molecule has 0 radical (unpaired) electrons. The fourth-order valence-corrected chi connectivity index (χ4v) is 2.80. The van der Waals surface area contributed by atoms with Crippen LogP contribution in [0.5, 0.6) is 5.75 Å². The number of esters is 1. The number of carbonyl (C=O) groups is 1. The predicted octanol–water partition coefficient (Wildman–Crippen LogP) is 1.65. The Morgan fingerprint density at radius 2 is 1.78 bits per heavy atom. The number of methoxy groups -OCH3 is 1. The summed E-state index contributed by atoms with van der Waals surface area (Å²) in [6.45, 7) is 2.36. The highest BCUT2D eigenvalue weighted by Gasteiger charge is 2.32. The van der Waals surface area contributed by atoms with E-state index in [0.29, 0.717) is 13.0 Å². The van der Waals surface area contributed by atoms with Crippen molar-refractivity contribution in [1.29, 1.82) is 0 Å². The van der Waals surface area contributed by atoms with Crippen molar-refractivity contribution in [2.45, 2.75) is 38.1 Å². The molecule has 0 unspecified atom stereocenters. The maximum absolute atomic E-state index is 12.3. The van der Waals surface area contributed by atoms with E-state index in [0.717, 1.165) is 16.9 Å². The summed E-state index contributed by atoms with van der Waals surface area (Å²) in [4.78, 5) is 12.3. The molecule has 0 saturated heterocycles. The van der Waals surface area contributed by atoms with Gasteiger partial charge in [-0.05, 0) is 36.6 Å². The second kappa shape index (κ2) is 10.7. The molecule has 0 bridgehead atoms. The van der Waals surface area contributed by atoms with E-state index in [-0.39, 0.29) is 6.61 Å². The molecule has 0 aromatic heterocycles. The Morgan fingerprint density at radius 1 is 1.11 bits per heavy atom. The first-order valence-electron chi connectivity index (χ1n) is 9.05. The van der Waals surface area contributed by atoms with Crippen LogP contribution in [0.1, 0.15) is 18.1 Å². The molecule has 0 aliphatic carbocycles. The van der Waals surface area contributed by atoms with E-state index in [4.69, 9.17) is 15.2 Å². The molecule has 2 aromatic rings. The zero-order valence-electron chi connectivity index (χ0n) is 15.8. The Kier molecular flexibility index (Phi) is 8.26. The minimum atomic E-state index is -1.08. The van der Waals surface area contributed by atoms with Crippen LogP contribution in [0.3, 0.4) is 0 Å². The summed E-state index contributed by atoms with van der Waals surface area (Å²) >= 11 is 0. The van der Waals surface area contributed by atoms with Crippen molar-refractivity contribution >= 4 is 5.97 Å². The van der Waals surface area contributed by atoms with Gasteiger partial charge in [-0.3, -0.25) is 10.1 Å². The lowest BCUT2D eigenvalue weighted by Crippen LogP contribution is -2.54. The number of ether oxygens (including phenoxy) is 2. The Balaban J connectivity index is 2.03. The molecule has 0 saturated carbocycles. The molecule has 27 heavy (non-hydrogen) atoms. The van der Waals surface area contributed by atoms with Crippen LogP contribution >= 0.6 is 0 Å². The summed E-state index contributed by atoms with van der Waals surface area (Å²) in [6.07, 6.45) is -0.621. The minimum Gasteiger partial charge on any atom is -0.497 e. The van der Waals surface area contributed by atoms with Gasteiger partial charge in [0.05, 0.1) is 19.8 Å². The minimum absolute atomic E-state index is 0.236. The first-order chi connectivity index (χ1) is 13.0. The maximum atomic E-state index is 12.3. The highest BCUT2D eigenvalue weighted by atomic mass is 16.5. The quantitative estimate of drug-likeness (QED) is 0.549. The van der Waals surface area contributed by atoms with Gasteiger partial charge < -0.3 is 20.3 Å². The number of hydrogen-bond donors (Lipinski definition) is 3. The summed E-state index contributed by atoms with van der Waals surface area (Å²) in [7, 11) is 1.61. The van der Waals surface area contributed by atoms with Crippen molar-refractivity contribution in [3.8, 4) is 5.75 Å². The Hall–Kier alpha value is -2.41. The first-order valence-corrected chi connectivity index (χ1v) is 9.05. The number of aliphatic hydroxyl groups is 1. The van der Waals surface area contributed by atoms with Crippen LogP contribution in [0.4, 0.5) is 0 Å². The third-order valence-corrected chi connectivity index (χ3v) is 4.32. The van der Waals surface area contributed by atoms with Gasteiger partial charge in [0.25, 0.3) is 0 Å². The molecule has 4 N–H and O–H groups in total. The van der Waals surface area contributed by atoms with Crippen LogP contribution in [-0.4, -0.2) is 43.0 Å². The molecule has 2 aromatic carbocycles. The number of hydrogen-bond acceptors (Lipinski definition) is 6. The molecule has 0 aliphatic heterocycles. The lowest BCUT2D eigenvalue weighted by atomic mass is 9.97. The lowest BCUT2D eigenvalue weighted by molar-refractivity contribution is -0.149. The molecular formula is C21H28N2O4. The molecule has 6 nitrogen and oxygen atoms in total. The number of aliphatic hydroxyl groups excluding tert-OH is 1. The second-order valence-electron chi connectivity index (χ2n) is 6.30. The summed E-state index contributed by atoms with van der Waals surface area (Å²) in [5.74, 6) is 0.243. The van der Waals surface area contributed by atoms with Crippen molar-refractivity contribution in [2.75, 3.05) is 13.7 Å². The highest BCUT2D eigenvalue weighted by molar-refractivity contribution is 5.76. The SMILES string of the molecule is CCOC(=O)[C@H](NCc1ccc(OC)cc1)[C@@H](O)[C@@H](N)Cc1ccccc1. The van der Waals surface area contributed by atoms with Crippen molar-refractivity contribution in [3.63, 3.8) is 0 Å². The van der Waals surface area contributed by atoms with Gasteiger partial charge >= 0.3 is 5.97 Å². The van der Waals surface area contributed by atoms with E-state index in [1.165, 1.54) is 0 Å². The molecule has 6 heteroatoms. The molecule has 0 spiro atoms. The molecule has 0 fully saturated rings. The van der Waals surface area contributed by atoms with Gasteiger partial charge in [-0.2, -0.15) is 0 Å². The van der Waals surface area contributed by atoms with Gasteiger partial charge in [-0.25, -0.2) is 0 Å². The maximum Gasteiger partial charge on any atom is 0.325 e. The number of rotatable bonds is 10. The van der Waals surface area contributed by atoms with Crippen LogP contribution in [0.25, 0.3) is 0 Å². The zero-order valence-corrected chi connectivity index (χ0v) is 15.8. The zero-order chi connectivity index (χ0) is 19.6. The average molecular weight is 372 g/mol. The largest absolute Gasteiger partial charge is 0.497 e. The van der Waals surface area contributed by atoms with Crippen molar-refractivity contribution in [3.05, 3.63) is 65.7 Å². The van der Waals surface area contributed by atoms with Crippen LogP contribution in [0.2, 0.25) is 0 Å². The van der Waals surface area contributed by atoms with Gasteiger partial charge in [0.1, 0.15) is 11.8 Å². The normalized spacial score (nSPS) is 14.2. The number of nitrogens with one attached hydrogen (secondary N) is 1. The van der Waals surface area contributed by atoms with Gasteiger partial charge in [0, 0.05) is 12.6 Å². The van der Waals surface area contributed by atoms with Crippen molar-refractivity contribution in [2.24, 2.45) is 5.73 Å². The topological polar surface area (TPSA) is 93.8 Å². The summed E-state index contributed by atoms with van der Waals surface area (Å²) in [6, 6.07) is 15.6. The highest BCUT2D eigenvalue weighted by Crippen LogP contribution is 2.13. The fourth-order valence-electron chi connectivity index (χ4n) is 2.80. The summed E-state index contributed by atoms with van der Waals surface area (Å²) < 4.78 is 10.3. The molecule has 3 atom stereocenters. The van der Waals surface area contributed by atoms with E-state index >= 15 is 0 Å². The Morgan fingerprint density at radius 3 is 2.37 bits per heavy atom. The third-order valence-electron chi connectivity index (χ3n) is 4.32. The van der Waals surface area contributed by atoms with Gasteiger partial charge in [0.15, 0.2) is 0 Å². The van der Waals surface area contributed by atoms with Crippen molar-refractivity contribution < 1.29 is 19.4 Å². The second-order valence-corrected chi connectivity index (χ2v) is 6.30. The Labute approximate surface area is 160 Å². The fraction of sp³-hybridized carbons (Fsp3) is 0.381. The van der Waals surface area contributed by atoms with Gasteiger partial charge in [-0.1, -0.05) is 42.5 Å². The van der Waals surface area contributed by atoms with E-state index in [1.54, 1.807) is 14.0 Å². The average Bonchev–Trinajstić information content (AvgIpc) is 2.69. The molecule has 146 valence electrons. The van der Waals surface area contributed by atoms with E-state index in [1.807, 2.05) is 54.6 Å². The summed E-state index contributed by atoms with van der Waals surface area (Å²) in [5, 5.41) is 13.8. The number of nitrogens with two attached hydrogens (primary N) is 1. The molecule has 0 aliphatic rings. The molecule has 0 heterocycles. The number of benzene rings is 2. The third kappa shape index (κ3) is 6.36. The smallest absolute Gasteiger partial charge is 0.325 e. The molecule has 2 rings (SSSR count). The molecule has 0 amide bonds. The van der Waals surface area contributed by atoms with Crippen LogP contribution in [0, 0.1) is 0 Å². The van der Waals surface area contributed by atoms with E-state index in [9.17, 15) is 9.90 Å². The van der Waals surface area contributed by atoms with E-state index < -0.39 is 24.2 Å². The summed E-state index contributed by atoms with van der Waals surface area (Å²) in [5.41, 5.74) is 8.13. The monoisotopic (exact) mass is 372 g/mol. The number of carbonyl (C=O) groups excluding carboxylic acids is 1. The van der Waals surface area contributed by atoms with Crippen LogP contribution < -0.4 is 15.8 Å².